The fourth-order valence-electron chi connectivity index (χ4n) is 4.16. The summed E-state index contributed by atoms with van der Waals surface area (Å²) >= 11 is 0. The SMILES string of the molecule is C[C@@H](NC/C=C/C#CC(C)(C)CN1C(=O)c2ccccc2C1=O)c1cccc2ccccc12. The summed E-state index contributed by atoms with van der Waals surface area (Å²) in [6.07, 6.45) is 3.82. The second-order valence-corrected chi connectivity index (χ2v) is 9.00. The summed E-state index contributed by atoms with van der Waals surface area (Å²) in [5, 5.41) is 6.02. The van der Waals surface area contributed by atoms with Crippen molar-refractivity contribution < 1.29 is 9.59 Å². The highest BCUT2D eigenvalue weighted by Gasteiger charge is 2.37. The Morgan fingerprint density at radius 3 is 2.30 bits per heavy atom. The molecule has 0 saturated carbocycles. The topological polar surface area (TPSA) is 49.4 Å². The first-order valence-electron chi connectivity index (χ1n) is 11.2. The summed E-state index contributed by atoms with van der Waals surface area (Å²) in [4.78, 5) is 26.5. The fourth-order valence-corrected chi connectivity index (χ4v) is 4.16. The molecular weight excluding hydrogens is 408 g/mol. The summed E-state index contributed by atoms with van der Waals surface area (Å²) in [6.45, 7) is 7.00. The molecule has 0 saturated heterocycles. The van der Waals surface area contributed by atoms with Gasteiger partial charge in [0, 0.05) is 24.5 Å². The Balaban J connectivity index is 1.33. The molecule has 1 aliphatic heterocycles. The first kappa shape index (κ1) is 22.5. The third-order valence-electron chi connectivity index (χ3n) is 5.88. The van der Waals surface area contributed by atoms with E-state index in [0.717, 1.165) is 0 Å². The van der Waals surface area contributed by atoms with Gasteiger partial charge in [-0.1, -0.05) is 72.5 Å². The van der Waals surface area contributed by atoms with Crippen LogP contribution in [0.3, 0.4) is 0 Å². The zero-order valence-corrected chi connectivity index (χ0v) is 19.3. The van der Waals surface area contributed by atoms with Gasteiger partial charge in [0.25, 0.3) is 11.8 Å². The van der Waals surface area contributed by atoms with Gasteiger partial charge in [-0.3, -0.25) is 14.5 Å². The fraction of sp³-hybridized carbons (Fsp3) is 0.241. The van der Waals surface area contributed by atoms with Crippen LogP contribution in [0.1, 0.15) is 53.1 Å². The maximum absolute atomic E-state index is 12.6. The van der Waals surface area contributed by atoms with Gasteiger partial charge >= 0.3 is 0 Å². The first-order chi connectivity index (χ1) is 15.9. The van der Waals surface area contributed by atoms with Gasteiger partial charge in [0.15, 0.2) is 0 Å². The molecule has 0 aliphatic carbocycles. The molecule has 2 amide bonds. The third-order valence-corrected chi connectivity index (χ3v) is 5.88. The molecule has 4 heteroatoms. The number of nitrogens with zero attached hydrogens (tertiary/aromatic N) is 1. The number of rotatable bonds is 6. The van der Waals surface area contributed by atoms with Gasteiger partial charge in [0.2, 0.25) is 0 Å². The number of hydrogen-bond donors (Lipinski definition) is 1. The first-order valence-corrected chi connectivity index (χ1v) is 11.2. The van der Waals surface area contributed by atoms with Gasteiger partial charge < -0.3 is 5.32 Å². The van der Waals surface area contributed by atoms with Crippen molar-refractivity contribution in [2.75, 3.05) is 13.1 Å². The molecule has 0 fully saturated rings. The van der Waals surface area contributed by atoms with Crippen molar-refractivity contribution in [2.24, 2.45) is 5.41 Å². The van der Waals surface area contributed by atoms with Crippen LogP contribution in [-0.4, -0.2) is 29.8 Å². The Morgan fingerprint density at radius 2 is 1.58 bits per heavy atom. The largest absolute Gasteiger partial charge is 0.307 e. The number of hydrogen-bond acceptors (Lipinski definition) is 3. The molecule has 4 nitrogen and oxygen atoms in total. The number of carbonyl (C=O) groups is 2. The highest BCUT2D eigenvalue weighted by Crippen LogP contribution is 2.27. The Morgan fingerprint density at radius 1 is 0.939 bits per heavy atom. The Kier molecular flexibility index (Phi) is 6.44. The molecule has 0 spiro atoms. The molecule has 33 heavy (non-hydrogen) atoms. The van der Waals surface area contributed by atoms with Crippen LogP contribution in [-0.2, 0) is 0 Å². The summed E-state index contributed by atoms with van der Waals surface area (Å²) in [5.74, 6) is 5.77. The van der Waals surface area contributed by atoms with Gasteiger partial charge in [-0.25, -0.2) is 0 Å². The second kappa shape index (κ2) is 9.44. The van der Waals surface area contributed by atoms with Crippen LogP contribution < -0.4 is 5.32 Å². The average Bonchev–Trinajstić information content (AvgIpc) is 3.05. The van der Waals surface area contributed by atoms with E-state index in [1.807, 2.05) is 26.0 Å². The van der Waals surface area contributed by atoms with E-state index in [0.29, 0.717) is 17.7 Å². The normalized spacial score (nSPS) is 14.5. The van der Waals surface area contributed by atoms with Crippen LogP contribution in [0, 0.1) is 17.3 Å². The molecule has 3 aromatic rings. The quantitative estimate of drug-likeness (QED) is 0.417. The number of amides is 2. The number of fused-ring (bicyclic) bond motifs is 2. The van der Waals surface area contributed by atoms with E-state index in [2.05, 4.69) is 66.5 Å². The van der Waals surface area contributed by atoms with Crippen LogP contribution in [0.4, 0.5) is 0 Å². The molecule has 1 atom stereocenters. The predicted molar refractivity (Wildman–Crippen MR) is 133 cm³/mol. The van der Waals surface area contributed by atoms with E-state index in [9.17, 15) is 9.59 Å². The molecule has 1 heterocycles. The lowest BCUT2D eigenvalue weighted by Crippen LogP contribution is -2.37. The smallest absolute Gasteiger partial charge is 0.261 e. The van der Waals surface area contributed by atoms with Gasteiger partial charge in [0.05, 0.1) is 11.1 Å². The number of nitrogens with one attached hydrogen (secondary N) is 1. The lowest BCUT2D eigenvalue weighted by molar-refractivity contribution is 0.0616. The number of carbonyl (C=O) groups excluding carboxylic acids is 2. The van der Waals surface area contributed by atoms with Crippen molar-refractivity contribution in [3.8, 4) is 11.8 Å². The number of imide groups is 1. The van der Waals surface area contributed by atoms with Crippen molar-refractivity contribution in [3.63, 3.8) is 0 Å². The standard InChI is InChI=1S/C29H28N2O2/c1-21(23-17-11-13-22-12-5-6-14-24(22)23)30-19-10-4-9-18-29(2,3)20-31-27(32)25-15-7-8-16-26(25)28(31)33/h4-8,10-17,21,30H,19-20H2,1-3H3/b10-4+/t21-/m1/s1. The number of allylic oxidation sites excluding steroid dienone is 1. The summed E-state index contributed by atoms with van der Waals surface area (Å²) in [7, 11) is 0. The minimum Gasteiger partial charge on any atom is -0.307 e. The van der Waals surface area contributed by atoms with Crippen LogP contribution in [0.15, 0.2) is 78.9 Å². The number of benzene rings is 3. The van der Waals surface area contributed by atoms with Gasteiger partial charge in [0.1, 0.15) is 0 Å². The molecule has 0 radical (unpaired) electrons. The molecule has 3 aromatic carbocycles. The minimum absolute atomic E-state index is 0.207. The van der Waals surface area contributed by atoms with E-state index >= 15 is 0 Å². The van der Waals surface area contributed by atoms with Gasteiger partial charge in [-0.05, 0) is 55.3 Å². The molecule has 4 rings (SSSR count). The van der Waals surface area contributed by atoms with Crippen molar-refractivity contribution in [3.05, 3.63) is 95.6 Å². The zero-order chi connectivity index (χ0) is 23.4. The summed E-state index contributed by atoms with van der Waals surface area (Å²) < 4.78 is 0. The van der Waals surface area contributed by atoms with E-state index in [1.165, 1.54) is 21.2 Å². The van der Waals surface area contributed by atoms with Gasteiger partial charge in [-0.2, -0.15) is 0 Å². The lowest BCUT2D eigenvalue weighted by atomic mass is 9.93. The van der Waals surface area contributed by atoms with E-state index in [1.54, 1.807) is 24.3 Å². The van der Waals surface area contributed by atoms with Crippen LogP contribution in [0.25, 0.3) is 10.8 Å². The Hall–Kier alpha value is -3.68. The Labute approximate surface area is 195 Å². The van der Waals surface area contributed by atoms with Crippen LogP contribution >= 0.6 is 0 Å². The van der Waals surface area contributed by atoms with Gasteiger partial charge in [-0.15, -0.1) is 0 Å². The molecule has 1 N–H and O–H groups in total. The van der Waals surface area contributed by atoms with Crippen molar-refractivity contribution >= 4 is 22.6 Å². The monoisotopic (exact) mass is 436 g/mol. The summed E-state index contributed by atoms with van der Waals surface area (Å²) in [6, 6.07) is 21.9. The van der Waals surface area contributed by atoms with Crippen molar-refractivity contribution in [1.82, 2.24) is 10.2 Å². The lowest BCUT2D eigenvalue weighted by Gasteiger charge is -2.24. The van der Waals surface area contributed by atoms with Crippen molar-refractivity contribution in [2.45, 2.75) is 26.8 Å². The van der Waals surface area contributed by atoms with Crippen LogP contribution in [0.2, 0.25) is 0 Å². The maximum atomic E-state index is 12.6. The molecule has 1 aliphatic rings. The molecule has 0 unspecified atom stereocenters. The maximum Gasteiger partial charge on any atom is 0.261 e. The average molecular weight is 437 g/mol. The molecule has 166 valence electrons. The third kappa shape index (κ3) is 4.89. The van der Waals surface area contributed by atoms with E-state index in [4.69, 9.17) is 0 Å². The second-order valence-electron chi connectivity index (χ2n) is 9.00. The molecular formula is C29H28N2O2. The highest BCUT2D eigenvalue weighted by molar-refractivity contribution is 6.21. The Bertz CT molecular complexity index is 1250. The molecule has 0 bridgehead atoms. The summed E-state index contributed by atoms with van der Waals surface area (Å²) in [5.41, 5.74) is 1.70. The van der Waals surface area contributed by atoms with Crippen LogP contribution in [0.5, 0.6) is 0 Å². The van der Waals surface area contributed by atoms with Crippen molar-refractivity contribution in [1.29, 1.82) is 0 Å². The molecule has 0 aromatic heterocycles. The zero-order valence-electron chi connectivity index (χ0n) is 19.3. The van der Waals surface area contributed by atoms with E-state index < -0.39 is 5.41 Å². The minimum atomic E-state index is -0.513. The highest BCUT2D eigenvalue weighted by atomic mass is 16.2. The predicted octanol–water partition coefficient (Wildman–Crippen LogP) is 5.37. The van der Waals surface area contributed by atoms with E-state index in [-0.39, 0.29) is 24.4 Å².